The SMILES string of the molecule is Cc1ccc(NC(=O)C2CCC(C(=O)NCc3ccccc3C)CC2)cc1. The van der Waals surface area contributed by atoms with Gasteiger partial charge in [0.1, 0.15) is 0 Å². The fraction of sp³-hybridized carbons (Fsp3) is 0.391. The molecule has 0 heterocycles. The molecular weight excluding hydrogens is 336 g/mol. The molecular formula is C23H28N2O2. The number of benzene rings is 2. The highest BCUT2D eigenvalue weighted by Gasteiger charge is 2.29. The molecule has 3 rings (SSSR count). The van der Waals surface area contributed by atoms with Gasteiger partial charge in [0.2, 0.25) is 11.8 Å². The minimum absolute atomic E-state index is 0.00767. The second kappa shape index (κ2) is 8.85. The molecule has 4 nitrogen and oxygen atoms in total. The van der Waals surface area contributed by atoms with Crippen LogP contribution in [0.25, 0.3) is 0 Å². The highest BCUT2D eigenvalue weighted by Crippen LogP contribution is 2.30. The minimum Gasteiger partial charge on any atom is -0.352 e. The van der Waals surface area contributed by atoms with E-state index in [1.165, 1.54) is 11.1 Å². The summed E-state index contributed by atoms with van der Waals surface area (Å²) < 4.78 is 0. The maximum atomic E-state index is 12.5. The number of aryl methyl sites for hydroxylation is 2. The molecule has 0 radical (unpaired) electrons. The maximum absolute atomic E-state index is 12.5. The van der Waals surface area contributed by atoms with Gasteiger partial charge in [-0.25, -0.2) is 0 Å². The Bertz CT molecular complexity index is 790. The second-order valence-electron chi connectivity index (χ2n) is 7.55. The van der Waals surface area contributed by atoms with E-state index in [0.717, 1.165) is 36.9 Å². The van der Waals surface area contributed by atoms with E-state index >= 15 is 0 Å². The standard InChI is InChI=1S/C23H28N2O2/c1-16-7-13-21(14-8-16)25-23(27)19-11-9-18(10-12-19)22(26)24-15-20-6-4-3-5-17(20)2/h3-8,13-14,18-19H,9-12,15H2,1-2H3,(H,24,26)(H,25,27). The first-order chi connectivity index (χ1) is 13.0. The fourth-order valence-electron chi connectivity index (χ4n) is 3.63. The van der Waals surface area contributed by atoms with Crippen molar-refractivity contribution in [2.75, 3.05) is 5.32 Å². The van der Waals surface area contributed by atoms with Crippen LogP contribution in [0.2, 0.25) is 0 Å². The molecule has 0 atom stereocenters. The molecule has 2 N–H and O–H groups in total. The van der Waals surface area contributed by atoms with Crippen molar-refractivity contribution in [3.63, 3.8) is 0 Å². The van der Waals surface area contributed by atoms with Gasteiger partial charge in [0.05, 0.1) is 0 Å². The highest BCUT2D eigenvalue weighted by atomic mass is 16.2. The van der Waals surface area contributed by atoms with Crippen LogP contribution in [-0.2, 0) is 16.1 Å². The molecule has 1 saturated carbocycles. The van der Waals surface area contributed by atoms with Crippen molar-refractivity contribution in [1.82, 2.24) is 5.32 Å². The van der Waals surface area contributed by atoms with Crippen molar-refractivity contribution in [3.8, 4) is 0 Å². The van der Waals surface area contributed by atoms with E-state index in [9.17, 15) is 9.59 Å². The van der Waals surface area contributed by atoms with Crippen LogP contribution in [0.15, 0.2) is 48.5 Å². The molecule has 2 amide bonds. The summed E-state index contributed by atoms with van der Waals surface area (Å²) in [5, 5.41) is 6.06. The molecule has 27 heavy (non-hydrogen) atoms. The zero-order valence-electron chi connectivity index (χ0n) is 16.1. The molecule has 0 spiro atoms. The first kappa shape index (κ1) is 19.2. The van der Waals surface area contributed by atoms with Crippen LogP contribution in [-0.4, -0.2) is 11.8 Å². The molecule has 1 fully saturated rings. The third-order valence-corrected chi connectivity index (χ3v) is 5.50. The first-order valence-corrected chi connectivity index (χ1v) is 9.72. The number of carbonyl (C=O) groups is 2. The van der Waals surface area contributed by atoms with Crippen LogP contribution in [0.1, 0.15) is 42.4 Å². The number of amides is 2. The first-order valence-electron chi connectivity index (χ1n) is 9.72. The molecule has 0 saturated heterocycles. The summed E-state index contributed by atoms with van der Waals surface area (Å²) in [5.41, 5.74) is 4.35. The van der Waals surface area contributed by atoms with Crippen LogP contribution in [0.4, 0.5) is 5.69 Å². The predicted molar refractivity (Wildman–Crippen MR) is 108 cm³/mol. The van der Waals surface area contributed by atoms with E-state index in [0.29, 0.717) is 6.54 Å². The maximum Gasteiger partial charge on any atom is 0.227 e. The zero-order chi connectivity index (χ0) is 19.2. The summed E-state index contributed by atoms with van der Waals surface area (Å²) in [6.45, 7) is 4.65. The van der Waals surface area contributed by atoms with Crippen LogP contribution < -0.4 is 10.6 Å². The van der Waals surface area contributed by atoms with Crippen LogP contribution in [0.5, 0.6) is 0 Å². The Balaban J connectivity index is 1.45. The van der Waals surface area contributed by atoms with Gasteiger partial charge in [-0.2, -0.15) is 0 Å². The lowest BCUT2D eigenvalue weighted by Crippen LogP contribution is -2.35. The third kappa shape index (κ3) is 5.19. The van der Waals surface area contributed by atoms with E-state index in [-0.39, 0.29) is 23.7 Å². The van der Waals surface area contributed by atoms with Gasteiger partial charge in [0, 0.05) is 24.1 Å². The number of anilines is 1. The van der Waals surface area contributed by atoms with Crippen molar-refractivity contribution in [2.24, 2.45) is 11.8 Å². The number of rotatable bonds is 5. The second-order valence-corrected chi connectivity index (χ2v) is 7.55. The summed E-state index contributed by atoms with van der Waals surface area (Å²) in [6.07, 6.45) is 3.07. The Morgan fingerprint density at radius 1 is 0.852 bits per heavy atom. The molecule has 2 aromatic carbocycles. The summed E-state index contributed by atoms with van der Waals surface area (Å²) in [5.74, 6) is 0.178. The number of hydrogen-bond donors (Lipinski definition) is 2. The van der Waals surface area contributed by atoms with Gasteiger partial charge in [-0.15, -0.1) is 0 Å². The summed E-state index contributed by atoms with van der Waals surface area (Å²) in [6, 6.07) is 15.9. The number of hydrogen-bond acceptors (Lipinski definition) is 2. The van der Waals surface area contributed by atoms with Gasteiger partial charge in [-0.05, 0) is 62.8 Å². The molecule has 4 heteroatoms. The van der Waals surface area contributed by atoms with Crippen LogP contribution in [0, 0.1) is 25.7 Å². The van der Waals surface area contributed by atoms with E-state index in [2.05, 4.69) is 23.6 Å². The van der Waals surface area contributed by atoms with Crippen molar-refractivity contribution >= 4 is 17.5 Å². The van der Waals surface area contributed by atoms with Gasteiger partial charge in [0.25, 0.3) is 0 Å². The summed E-state index contributed by atoms with van der Waals surface area (Å²) in [4.78, 5) is 24.9. The van der Waals surface area contributed by atoms with Crippen molar-refractivity contribution in [1.29, 1.82) is 0 Å². The largest absolute Gasteiger partial charge is 0.352 e. The molecule has 1 aliphatic rings. The average molecular weight is 364 g/mol. The number of nitrogens with one attached hydrogen (secondary N) is 2. The molecule has 0 bridgehead atoms. The molecule has 0 aromatic heterocycles. The van der Waals surface area contributed by atoms with Crippen molar-refractivity contribution in [3.05, 3.63) is 65.2 Å². The lowest BCUT2D eigenvalue weighted by atomic mass is 9.81. The van der Waals surface area contributed by atoms with Crippen molar-refractivity contribution < 1.29 is 9.59 Å². The van der Waals surface area contributed by atoms with Crippen LogP contribution >= 0.6 is 0 Å². The smallest absolute Gasteiger partial charge is 0.227 e. The van der Waals surface area contributed by atoms with Gasteiger partial charge >= 0.3 is 0 Å². The average Bonchev–Trinajstić information content (AvgIpc) is 2.69. The molecule has 1 aliphatic carbocycles. The van der Waals surface area contributed by atoms with Gasteiger partial charge in [-0.3, -0.25) is 9.59 Å². The Morgan fingerprint density at radius 3 is 2.07 bits per heavy atom. The fourth-order valence-corrected chi connectivity index (χ4v) is 3.63. The Kier molecular flexibility index (Phi) is 6.28. The number of carbonyl (C=O) groups excluding carboxylic acids is 2. The predicted octanol–water partition coefficient (Wildman–Crippen LogP) is 4.36. The van der Waals surface area contributed by atoms with Crippen molar-refractivity contribution in [2.45, 2.75) is 46.1 Å². The lowest BCUT2D eigenvalue weighted by Gasteiger charge is -2.27. The lowest BCUT2D eigenvalue weighted by molar-refractivity contribution is -0.128. The summed E-state index contributed by atoms with van der Waals surface area (Å²) in [7, 11) is 0. The Labute approximate surface area is 161 Å². The van der Waals surface area contributed by atoms with Gasteiger partial charge < -0.3 is 10.6 Å². The van der Waals surface area contributed by atoms with E-state index in [4.69, 9.17) is 0 Å². The monoisotopic (exact) mass is 364 g/mol. The van der Waals surface area contributed by atoms with E-state index in [1.54, 1.807) is 0 Å². The van der Waals surface area contributed by atoms with E-state index in [1.807, 2.05) is 49.4 Å². The van der Waals surface area contributed by atoms with E-state index < -0.39 is 0 Å². The Morgan fingerprint density at radius 2 is 1.44 bits per heavy atom. The van der Waals surface area contributed by atoms with Gasteiger partial charge in [-0.1, -0.05) is 42.0 Å². The topological polar surface area (TPSA) is 58.2 Å². The third-order valence-electron chi connectivity index (χ3n) is 5.50. The minimum atomic E-state index is -0.00767. The van der Waals surface area contributed by atoms with Crippen LogP contribution in [0.3, 0.4) is 0 Å². The normalized spacial score (nSPS) is 19.3. The molecule has 0 aliphatic heterocycles. The molecule has 2 aromatic rings. The Hall–Kier alpha value is -2.62. The zero-order valence-corrected chi connectivity index (χ0v) is 16.1. The highest BCUT2D eigenvalue weighted by molar-refractivity contribution is 5.92. The molecule has 142 valence electrons. The van der Waals surface area contributed by atoms with Gasteiger partial charge in [0.15, 0.2) is 0 Å². The quantitative estimate of drug-likeness (QED) is 0.828. The molecule has 0 unspecified atom stereocenters. The summed E-state index contributed by atoms with van der Waals surface area (Å²) >= 11 is 0.